The number of nitrogens with zero attached hydrogens (tertiary/aromatic N) is 1. The van der Waals surface area contributed by atoms with Crippen LogP contribution < -0.4 is 11.1 Å². The smallest absolute Gasteiger partial charge is 0.254 e. The largest absolute Gasteiger partial charge is 0.331 e. The molecule has 0 aliphatic heterocycles. The van der Waals surface area contributed by atoms with Gasteiger partial charge in [-0.15, -0.1) is 0 Å². The van der Waals surface area contributed by atoms with E-state index in [4.69, 9.17) is 17.3 Å². The van der Waals surface area contributed by atoms with Crippen molar-refractivity contribution in [2.75, 3.05) is 5.32 Å². The Morgan fingerprint density at radius 1 is 1.00 bits per heavy atom. The second kappa shape index (κ2) is 9.55. The summed E-state index contributed by atoms with van der Waals surface area (Å²) in [7, 11) is 0. The molecule has 2 saturated carbocycles. The summed E-state index contributed by atoms with van der Waals surface area (Å²) < 4.78 is 27.6. The highest BCUT2D eigenvalue weighted by atomic mass is 35.5. The summed E-state index contributed by atoms with van der Waals surface area (Å²) in [5.74, 6) is -2.04. The fourth-order valence-corrected chi connectivity index (χ4v) is 4.35. The highest BCUT2D eigenvalue weighted by Gasteiger charge is 2.31. The molecule has 0 radical (unpaired) electrons. The lowest BCUT2D eigenvalue weighted by molar-refractivity contribution is -0.117. The van der Waals surface area contributed by atoms with Crippen molar-refractivity contribution in [2.24, 2.45) is 11.7 Å². The van der Waals surface area contributed by atoms with Gasteiger partial charge in [0.2, 0.25) is 5.91 Å². The van der Waals surface area contributed by atoms with E-state index in [9.17, 15) is 18.4 Å². The topological polar surface area (TPSA) is 75.4 Å². The Kier molecular flexibility index (Phi) is 6.76. The average molecular weight is 462 g/mol. The third kappa shape index (κ3) is 5.45. The van der Waals surface area contributed by atoms with E-state index in [1.54, 1.807) is 23.1 Å². The number of carbonyl (C=O) groups excluding carboxylic acids is 2. The maximum atomic E-state index is 13.8. The molecule has 2 aromatic rings. The van der Waals surface area contributed by atoms with Gasteiger partial charge in [-0.2, -0.15) is 0 Å². The van der Waals surface area contributed by atoms with Crippen LogP contribution in [0.25, 0.3) is 0 Å². The minimum absolute atomic E-state index is 0.0253. The first-order valence-corrected chi connectivity index (χ1v) is 11.3. The van der Waals surface area contributed by atoms with Gasteiger partial charge in [0.15, 0.2) is 0 Å². The Labute approximate surface area is 190 Å². The van der Waals surface area contributed by atoms with E-state index in [-0.39, 0.29) is 36.0 Å². The van der Waals surface area contributed by atoms with Crippen molar-refractivity contribution in [3.8, 4) is 0 Å². The number of nitrogens with two attached hydrogens (primary N) is 1. The number of anilines is 1. The predicted molar refractivity (Wildman–Crippen MR) is 119 cm³/mol. The van der Waals surface area contributed by atoms with Crippen LogP contribution in [0.2, 0.25) is 5.02 Å². The maximum Gasteiger partial charge on any atom is 0.254 e. The van der Waals surface area contributed by atoms with Crippen LogP contribution in [0.4, 0.5) is 14.5 Å². The molecule has 5 nitrogen and oxygen atoms in total. The third-order valence-electron chi connectivity index (χ3n) is 6.15. The van der Waals surface area contributed by atoms with Crippen molar-refractivity contribution in [1.82, 2.24) is 4.90 Å². The fourth-order valence-electron chi connectivity index (χ4n) is 4.17. The predicted octanol–water partition coefficient (Wildman–Crippen LogP) is 4.88. The Morgan fingerprint density at radius 3 is 2.28 bits per heavy atom. The summed E-state index contributed by atoms with van der Waals surface area (Å²) in [6, 6.07) is 7.93. The summed E-state index contributed by atoms with van der Waals surface area (Å²) in [5, 5.41) is 3.34. The number of amides is 2. The van der Waals surface area contributed by atoms with Gasteiger partial charge in [-0.25, -0.2) is 8.78 Å². The third-order valence-corrected chi connectivity index (χ3v) is 6.52. The number of benzene rings is 2. The van der Waals surface area contributed by atoms with Crippen molar-refractivity contribution >= 4 is 29.1 Å². The van der Waals surface area contributed by atoms with Crippen LogP contribution in [-0.2, 0) is 11.3 Å². The molecular formula is C24H26ClF2N3O2. The van der Waals surface area contributed by atoms with Gasteiger partial charge in [-0.1, -0.05) is 11.6 Å². The molecule has 0 atom stereocenters. The van der Waals surface area contributed by atoms with Crippen molar-refractivity contribution in [1.29, 1.82) is 0 Å². The zero-order valence-electron chi connectivity index (χ0n) is 17.6. The number of halogens is 3. The van der Waals surface area contributed by atoms with Crippen molar-refractivity contribution in [3.05, 3.63) is 64.2 Å². The van der Waals surface area contributed by atoms with E-state index < -0.39 is 17.5 Å². The monoisotopic (exact) mass is 461 g/mol. The van der Waals surface area contributed by atoms with E-state index >= 15 is 0 Å². The molecule has 3 N–H and O–H groups in total. The minimum atomic E-state index is -0.804. The fraction of sp³-hybridized carbons (Fsp3) is 0.417. The lowest BCUT2D eigenvalue weighted by atomic mass is 9.90. The van der Waals surface area contributed by atoms with E-state index in [2.05, 4.69) is 5.32 Å². The van der Waals surface area contributed by atoms with Crippen LogP contribution in [0, 0.1) is 17.6 Å². The van der Waals surface area contributed by atoms with Crippen molar-refractivity contribution in [2.45, 2.75) is 57.2 Å². The molecule has 0 spiro atoms. The van der Waals surface area contributed by atoms with E-state index in [0.717, 1.165) is 43.9 Å². The molecule has 8 heteroatoms. The SMILES string of the molecule is NC1CCC(N(Cc2cc(NC(=O)C3CC3)ccc2Cl)C(=O)c2cc(F)cc(F)c2)CC1. The summed E-state index contributed by atoms with van der Waals surface area (Å²) in [5.41, 5.74) is 7.24. The van der Waals surface area contributed by atoms with Crippen LogP contribution in [-0.4, -0.2) is 28.8 Å². The first-order chi connectivity index (χ1) is 15.3. The zero-order chi connectivity index (χ0) is 22.8. The van der Waals surface area contributed by atoms with Crippen LogP contribution in [0.1, 0.15) is 54.4 Å². The number of nitrogens with one attached hydrogen (secondary N) is 1. The Bertz CT molecular complexity index is 1000. The normalized spacial score (nSPS) is 20.6. The summed E-state index contributed by atoms with van der Waals surface area (Å²) in [6.07, 6.45) is 4.69. The van der Waals surface area contributed by atoms with Crippen molar-refractivity contribution in [3.63, 3.8) is 0 Å². The second-order valence-corrected chi connectivity index (χ2v) is 9.14. The first kappa shape index (κ1) is 22.7. The quantitative estimate of drug-likeness (QED) is 0.643. The molecule has 0 aromatic heterocycles. The average Bonchev–Trinajstić information content (AvgIpc) is 3.59. The molecule has 2 amide bonds. The van der Waals surface area contributed by atoms with Crippen LogP contribution in [0.5, 0.6) is 0 Å². The Morgan fingerprint density at radius 2 is 1.66 bits per heavy atom. The number of hydrogen-bond acceptors (Lipinski definition) is 3. The van der Waals surface area contributed by atoms with Crippen LogP contribution >= 0.6 is 11.6 Å². The molecule has 0 saturated heterocycles. The van der Waals surface area contributed by atoms with Crippen LogP contribution in [0.15, 0.2) is 36.4 Å². The first-order valence-electron chi connectivity index (χ1n) is 10.9. The molecule has 2 fully saturated rings. The molecule has 4 rings (SSSR count). The lowest BCUT2D eigenvalue weighted by Gasteiger charge is -2.36. The lowest BCUT2D eigenvalue weighted by Crippen LogP contribution is -2.44. The number of carbonyl (C=O) groups is 2. The number of rotatable bonds is 6. The van der Waals surface area contributed by atoms with Gasteiger partial charge in [0.1, 0.15) is 11.6 Å². The highest BCUT2D eigenvalue weighted by molar-refractivity contribution is 6.31. The second-order valence-electron chi connectivity index (χ2n) is 8.73. The molecule has 170 valence electrons. The maximum absolute atomic E-state index is 13.8. The van der Waals surface area contributed by atoms with Gasteiger partial charge in [-0.05, 0) is 74.4 Å². The Hall–Kier alpha value is -2.51. The highest BCUT2D eigenvalue weighted by Crippen LogP contribution is 2.32. The Balaban J connectivity index is 1.61. The minimum Gasteiger partial charge on any atom is -0.331 e. The molecule has 2 aliphatic carbocycles. The van der Waals surface area contributed by atoms with Crippen LogP contribution in [0.3, 0.4) is 0 Å². The molecule has 2 aliphatic rings. The van der Waals surface area contributed by atoms with E-state index in [1.165, 1.54) is 0 Å². The molecular weight excluding hydrogens is 436 g/mol. The molecule has 2 aromatic carbocycles. The molecule has 0 heterocycles. The standard InChI is InChI=1S/C24H26ClF2N3O2/c25-22-8-5-20(29-23(31)14-1-2-14)11-16(22)13-30(21-6-3-19(28)4-7-21)24(32)15-9-17(26)12-18(27)10-15/h5,8-12,14,19,21H,1-4,6-7,13,28H2,(H,29,31). The van der Waals surface area contributed by atoms with Gasteiger partial charge in [0, 0.05) is 46.9 Å². The molecule has 32 heavy (non-hydrogen) atoms. The van der Waals surface area contributed by atoms with Gasteiger partial charge >= 0.3 is 0 Å². The zero-order valence-corrected chi connectivity index (χ0v) is 18.4. The molecule has 0 bridgehead atoms. The van der Waals surface area contributed by atoms with Gasteiger partial charge in [0.25, 0.3) is 5.91 Å². The summed E-state index contributed by atoms with van der Waals surface area (Å²) in [6.45, 7) is 0.156. The van der Waals surface area contributed by atoms with Gasteiger partial charge in [-0.3, -0.25) is 9.59 Å². The summed E-state index contributed by atoms with van der Waals surface area (Å²) >= 11 is 6.42. The molecule has 0 unspecified atom stereocenters. The number of hydrogen-bond donors (Lipinski definition) is 2. The van der Waals surface area contributed by atoms with Gasteiger partial charge < -0.3 is 16.0 Å². The van der Waals surface area contributed by atoms with Crippen molar-refractivity contribution < 1.29 is 18.4 Å². The van der Waals surface area contributed by atoms with E-state index in [0.29, 0.717) is 29.1 Å². The summed E-state index contributed by atoms with van der Waals surface area (Å²) in [4.78, 5) is 27.1. The van der Waals surface area contributed by atoms with Gasteiger partial charge in [0.05, 0.1) is 0 Å². The van der Waals surface area contributed by atoms with E-state index in [1.807, 2.05) is 0 Å².